The second-order valence-corrected chi connectivity index (χ2v) is 10.1. The highest BCUT2D eigenvalue weighted by Gasteiger charge is 2.22. The van der Waals surface area contributed by atoms with Crippen LogP contribution in [-0.2, 0) is 16.0 Å². The molecule has 0 aliphatic carbocycles. The Morgan fingerprint density at radius 2 is 1.43 bits per heavy atom. The summed E-state index contributed by atoms with van der Waals surface area (Å²) in [5, 5.41) is 21.5. The van der Waals surface area contributed by atoms with Crippen molar-refractivity contribution < 1.29 is 34.1 Å². The third-order valence-electron chi connectivity index (χ3n) is 7.11. The number of aromatic nitrogens is 1. The number of nitrogens with zero attached hydrogens (tertiary/aromatic N) is 1. The minimum atomic E-state index is -0.955. The number of methoxy groups -OCH3 is 2. The normalized spacial score (nSPS) is 11.5. The monoisotopic (exact) mass is 587 g/mol. The average molecular weight is 588 g/mol. The van der Waals surface area contributed by atoms with Gasteiger partial charge in [0.2, 0.25) is 0 Å². The number of carbonyl (C=O) groups excluding carboxylic acids is 1. The molecule has 42 heavy (non-hydrogen) atoms. The van der Waals surface area contributed by atoms with Gasteiger partial charge in [-0.15, -0.1) is 0 Å². The molecule has 0 saturated heterocycles. The fourth-order valence-corrected chi connectivity index (χ4v) is 4.85. The smallest absolute Gasteiger partial charge is 0.310 e. The van der Waals surface area contributed by atoms with Gasteiger partial charge in [0.15, 0.2) is 0 Å². The summed E-state index contributed by atoms with van der Waals surface area (Å²) in [6.45, 7) is 3.44. The van der Waals surface area contributed by atoms with Gasteiger partial charge in [-0.05, 0) is 90.3 Å². The molecule has 5 rings (SSSR count). The van der Waals surface area contributed by atoms with Crippen molar-refractivity contribution in [1.82, 2.24) is 4.57 Å². The van der Waals surface area contributed by atoms with Gasteiger partial charge in [0.05, 0.1) is 32.1 Å². The molecule has 0 fully saturated rings. The SMILES string of the molecule is COc1ccc2c(c1)c(CC(=O)O)c(C)n2C(=O)c1ccc(Cl)cc1.COc1ccc2cc(C(C)C(=O)O)ccc2c1. The fraction of sp³-hybridized carbons (Fsp3) is 0.182. The number of ether oxygens (including phenoxy) is 2. The van der Waals surface area contributed by atoms with Crippen LogP contribution in [-0.4, -0.2) is 46.8 Å². The summed E-state index contributed by atoms with van der Waals surface area (Å²) < 4.78 is 11.9. The first-order chi connectivity index (χ1) is 20.0. The van der Waals surface area contributed by atoms with Gasteiger partial charge in [-0.2, -0.15) is 0 Å². The quantitative estimate of drug-likeness (QED) is 0.211. The topological polar surface area (TPSA) is 115 Å². The maximum Gasteiger partial charge on any atom is 0.310 e. The Kier molecular flexibility index (Phi) is 9.18. The van der Waals surface area contributed by atoms with Gasteiger partial charge in [-0.1, -0.05) is 35.9 Å². The largest absolute Gasteiger partial charge is 0.497 e. The zero-order valence-corrected chi connectivity index (χ0v) is 24.3. The number of aliphatic carboxylic acids is 2. The van der Waals surface area contributed by atoms with E-state index < -0.39 is 17.9 Å². The molecule has 216 valence electrons. The van der Waals surface area contributed by atoms with Crippen molar-refractivity contribution in [2.75, 3.05) is 14.2 Å². The first-order valence-corrected chi connectivity index (χ1v) is 13.4. The van der Waals surface area contributed by atoms with Crippen molar-refractivity contribution in [2.24, 2.45) is 0 Å². The Bertz CT molecular complexity index is 1790. The minimum absolute atomic E-state index is 0.170. The van der Waals surface area contributed by atoms with Gasteiger partial charge < -0.3 is 19.7 Å². The molecule has 0 saturated carbocycles. The summed E-state index contributed by atoms with van der Waals surface area (Å²) in [6, 6.07) is 23.3. The zero-order chi connectivity index (χ0) is 30.6. The van der Waals surface area contributed by atoms with E-state index in [4.69, 9.17) is 26.2 Å². The number of carboxylic acid groups (broad SMARTS) is 2. The van der Waals surface area contributed by atoms with Crippen LogP contribution >= 0.6 is 11.6 Å². The average Bonchev–Trinajstić information content (AvgIpc) is 3.25. The minimum Gasteiger partial charge on any atom is -0.497 e. The summed E-state index contributed by atoms with van der Waals surface area (Å²) in [7, 11) is 3.17. The van der Waals surface area contributed by atoms with Gasteiger partial charge >= 0.3 is 11.9 Å². The van der Waals surface area contributed by atoms with E-state index in [1.54, 1.807) is 70.5 Å². The molecule has 1 heterocycles. The van der Waals surface area contributed by atoms with Crippen LogP contribution in [0.2, 0.25) is 5.02 Å². The van der Waals surface area contributed by atoms with Crippen molar-refractivity contribution >= 4 is 51.1 Å². The summed E-state index contributed by atoms with van der Waals surface area (Å²) in [4.78, 5) is 35.2. The molecule has 1 unspecified atom stereocenters. The van der Waals surface area contributed by atoms with Crippen LogP contribution in [0.15, 0.2) is 78.9 Å². The Hall–Kier alpha value is -4.82. The molecule has 0 radical (unpaired) electrons. The van der Waals surface area contributed by atoms with Gasteiger partial charge in [0.25, 0.3) is 5.91 Å². The molecule has 4 aromatic carbocycles. The van der Waals surface area contributed by atoms with Crippen LogP contribution in [0.1, 0.15) is 40.0 Å². The number of rotatable bonds is 7. The van der Waals surface area contributed by atoms with Crippen LogP contribution in [0.5, 0.6) is 11.5 Å². The molecule has 0 amide bonds. The highest BCUT2D eigenvalue weighted by atomic mass is 35.5. The van der Waals surface area contributed by atoms with Gasteiger partial charge in [-0.25, -0.2) is 0 Å². The molecule has 0 spiro atoms. The van der Waals surface area contributed by atoms with Crippen molar-refractivity contribution in [2.45, 2.75) is 26.2 Å². The molecular formula is C33H30ClNO7. The molecule has 1 aromatic heterocycles. The summed E-state index contributed by atoms with van der Waals surface area (Å²) >= 11 is 5.89. The lowest BCUT2D eigenvalue weighted by molar-refractivity contribution is -0.138. The van der Waals surface area contributed by atoms with Gasteiger partial charge in [-0.3, -0.25) is 19.0 Å². The Morgan fingerprint density at radius 1 is 0.833 bits per heavy atom. The molecule has 9 heteroatoms. The third kappa shape index (κ3) is 6.39. The number of fused-ring (bicyclic) bond motifs is 2. The second-order valence-electron chi connectivity index (χ2n) is 9.70. The molecule has 0 bridgehead atoms. The van der Waals surface area contributed by atoms with Crippen LogP contribution < -0.4 is 9.47 Å². The van der Waals surface area contributed by atoms with E-state index in [-0.39, 0.29) is 12.3 Å². The number of hydrogen-bond acceptors (Lipinski definition) is 5. The number of carboxylic acids is 2. The predicted molar refractivity (Wildman–Crippen MR) is 162 cm³/mol. The van der Waals surface area contributed by atoms with E-state index in [9.17, 15) is 19.5 Å². The lowest BCUT2D eigenvalue weighted by atomic mass is 9.98. The number of benzene rings is 4. The second kappa shape index (κ2) is 12.8. The van der Waals surface area contributed by atoms with E-state index in [0.717, 1.165) is 22.1 Å². The van der Waals surface area contributed by atoms with Crippen LogP contribution in [0.4, 0.5) is 0 Å². The maximum absolute atomic E-state index is 13.0. The summed E-state index contributed by atoms with van der Waals surface area (Å²) in [5.41, 5.74) is 3.14. The zero-order valence-electron chi connectivity index (χ0n) is 23.6. The molecule has 2 N–H and O–H groups in total. The lowest BCUT2D eigenvalue weighted by Crippen LogP contribution is -2.14. The maximum atomic E-state index is 13.0. The summed E-state index contributed by atoms with van der Waals surface area (Å²) in [6.07, 6.45) is -0.170. The van der Waals surface area contributed by atoms with Crippen molar-refractivity contribution in [3.8, 4) is 11.5 Å². The molecular weight excluding hydrogens is 558 g/mol. The van der Waals surface area contributed by atoms with Crippen LogP contribution in [0.3, 0.4) is 0 Å². The Morgan fingerprint density at radius 3 is 2.05 bits per heavy atom. The molecule has 0 aliphatic rings. The van der Waals surface area contributed by atoms with Gasteiger partial charge in [0.1, 0.15) is 11.5 Å². The Balaban J connectivity index is 0.000000208. The molecule has 0 aliphatic heterocycles. The van der Waals surface area contributed by atoms with E-state index in [1.807, 2.05) is 36.4 Å². The third-order valence-corrected chi connectivity index (χ3v) is 7.36. The number of carbonyl (C=O) groups is 3. The van der Waals surface area contributed by atoms with Crippen molar-refractivity contribution in [3.05, 3.63) is 106 Å². The van der Waals surface area contributed by atoms with E-state index in [1.165, 1.54) is 4.57 Å². The van der Waals surface area contributed by atoms with E-state index >= 15 is 0 Å². The van der Waals surface area contributed by atoms with Crippen LogP contribution in [0.25, 0.3) is 21.7 Å². The summed E-state index contributed by atoms with van der Waals surface area (Å²) in [5.74, 6) is -1.07. The van der Waals surface area contributed by atoms with E-state index in [0.29, 0.717) is 38.5 Å². The highest BCUT2D eigenvalue weighted by molar-refractivity contribution is 6.30. The number of hydrogen-bond donors (Lipinski definition) is 2. The standard InChI is InChI=1S/C19H16ClNO4.C14H14O3/c1-11-15(10-18(22)23)16-9-14(25-2)7-8-17(16)21(11)19(24)12-3-5-13(20)6-4-12;1-9(14(15)16)10-3-4-12-8-13(17-2)6-5-11(12)7-10/h3-9H,10H2,1-2H3,(H,22,23);3-9H,1-2H3,(H,15,16). The first kappa shape index (κ1) is 30.1. The number of halogens is 1. The van der Waals surface area contributed by atoms with E-state index in [2.05, 4.69) is 0 Å². The van der Waals surface area contributed by atoms with Gasteiger partial charge in [0, 0.05) is 21.7 Å². The fourth-order valence-electron chi connectivity index (χ4n) is 4.73. The first-order valence-electron chi connectivity index (χ1n) is 13.0. The van der Waals surface area contributed by atoms with Crippen molar-refractivity contribution in [3.63, 3.8) is 0 Å². The predicted octanol–water partition coefficient (Wildman–Crippen LogP) is 6.96. The molecule has 1 atom stereocenters. The lowest BCUT2D eigenvalue weighted by Gasteiger charge is -2.08. The van der Waals surface area contributed by atoms with Crippen molar-refractivity contribution in [1.29, 1.82) is 0 Å². The van der Waals surface area contributed by atoms with Crippen LogP contribution in [0, 0.1) is 6.92 Å². The molecule has 8 nitrogen and oxygen atoms in total. The molecule has 5 aromatic rings. The Labute approximate surface area is 247 Å². The highest BCUT2D eigenvalue weighted by Crippen LogP contribution is 2.31.